The number of carbonyl (C=O) groups excluding carboxylic acids is 4. The van der Waals surface area contributed by atoms with E-state index < -0.39 is 78.3 Å². The van der Waals surface area contributed by atoms with E-state index in [-0.39, 0.29) is 37.0 Å². The van der Waals surface area contributed by atoms with Crippen LogP contribution in [0.15, 0.2) is 30.3 Å². The Morgan fingerprint density at radius 2 is 1.64 bits per heavy atom. The van der Waals surface area contributed by atoms with Crippen molar-refractivity contribution in [3.63, 3.8) is 0 Å². The molecular formula is C29H27Cl4F2N3O6. The lowest BCUT2D eigenvalue weighted by Crippen LogP contribution is -2.54. The normalized spacial score (nSPS) is 25.4. The molecule has 2 fully saturated rings. The molecule has 44 heavy (non-hydrogen) atoms. The number of amides is 2. The molecule has 0 saturated carbocycles. The molecule has 9 nitrogen and oxygen atoms in total. The summed E-state index contributed by atoms with van der Waals surface area (Å²) in [5, 5.41) is 3.09. The summed E-state index contributed by atoms with van der Waals surface area (Å²) in [6.45, 7) is 2.99. The molecule has 4 unspecified atom stereocenters. The Bertz CT molecular complexity index is 1560. The van der Waals surface area contributed by atoms with Gasteiger partial charge in [0, 0.05) is 45.8 Å². The van der Waals surface area contributed by atoms with E-state index in [0.29, 0.717) is 0 Å². The van der Waals surface area contributed by atoms with E-state index in [1.165, 1.54) is 37.4 Å². The number of esters is 2. The van der Waals surface area contributed by atoms with Crippen LogP contribution in [0.4, 0.5) is 20.2 Å². The number of ether oxygens (including phenoxy) is 2. The molecule has 3 aliphatic heterocycles. The first kappa shape index (κ1) is 32.7. The van der Waals surface area contributed by atoms with Gasteiger partial charge in [-0.3, -0.25) is 24.1 Å². The second kappa shape index (κ2) is 11.3. The maximum absolute atomic E-state index is 15.2. The van der Waals surface area contributed by atoms with E-state index >= 15 is 8.78 Å². The monoisotopic (exact) mass is 691 g/mol. The molecule has 0 aromatic heterocycles. The Kier molecular flexibility index (Phi) is 8.38. The topological polar surface area (TPSA) is 105 Å². The SMILES string of the molecule is CN(C(=O)C1C2CC(F)(F)CN2C2(C(=O)Nc3c(Cl)cc(Cl)cc32)C1C(=O)OCOC(=O)C(C)(C)C)c1cc(Cl)cc(Cl)c1. The van der Waals surface area contributed by atoms with Crippen molar-refractivity contribution < 1.29 is 37.4 Å². The Morgan fingerprint density at radius 1 is 1.02 bits per heavy atom. The first-order chi connectivity index (χ1) is 20.4. The van der Waals surface area contributed by atoms with Crippen molar-refractivity contribution >= 4 is 81.5 Å². The van der Waals surface area contributed by atoms with E-state index in [9.17, 15) is 19.2 Å². The molecule has 2 aromatic rings. The van der Waals surface area contributed by atoms with Gasteiger partial charge in [-0.05, 0) is 51.1 Å². The fourth-order valence-corrected chi connectivity index (χ4v) is 7.35. The van der Waals surface area contributed by atoms with Crippen LogP contribution < -0.4 is 10.2 Å². The summed E-state index contributed by atoms with van der Waals surface area (Å²) in [4.78, 5) is 57.1. The van der Waals surface area contributed by atoms with Gasteiger partial charge in [0.25, 0.3) is 11.8 Å². The highest BCUT2D eigenvalue weighted by Gasteiger charge is 2.75. The van der Waals surface area contributed by atoms with Crippen molar-refractivity contribution in [2.75, 3.05) is 30.6 Å². The number of nitrogens with one attached hydrogen (secondary N) is 1. The molecule has 1 spiro atoms. The highest BCUT2D eigenvalue weighted by molar-refractivity contribution is 6.38. The summed E-state index contributed by atoms with van der Waals surface area (Å²) in [5.74, 6) is -10.0. The Balaban J connectivity index is 1.66. The van der Waals surface area contributed by atoms with E-state index in [0.717, 1.165) is 9.80 Å². The average Bonchev–Trinajstić information content (AvgIpc) is 3.47. The highest BCUT2D eigenvalue weighted by atomic mass is 35.5. The van der Waals surface area contributed by atoms with E-state index in [4.69, 9.17) is 55.9 Å². The molecule has 5 rings (SSSR count). The van der Waals surface area contributed by atoms with Gasteiger partial charge < -0.3 is 19.7 Å². The predicted octanol–water partition coefficient (Wildman–Crippen LogP) is 6.16. The van der Waals surface area contributed by atoms with E-state index in [1.807, 2.05) is 0 Å². The van der Waals surface area contributed by atoms with Gasteiger partial charge in [0.15, 0.2) is 0 Å². The number of hydrogen-bond donors (Lipinski definition) is 1. The van der Waals surface area contributed by atoms with Crippen molar-refractivity contribution in [1.29, 1.82) is 0 Å². The lowest BCUT2D eigenvalue weighted by molar-refractivity contribution is -0.179. The zero-order valence-electron chi connectivity index (χ0n) is 23.9. The van der Waals surface area contributed by atoms with Gasteiger partial charge in [-0.1, -0.05) is 46.4 Å². The van der Waals surface area contributed by atoms with Crippen LogP contribution in [0.5, 0.6) is 0 Å². The number of benzene rings is 2. The summed E-state index contributed by atoms with van der Waals surface area (Å²) in [6.07, 6.45) is -0.838. The fraction of sp³-hybridized carbons (Fsp3) is 0.448. The van der Waals surface area contributed by atoms with Gasteiger partial charge >= 0.3 is 11.9 Å². The summed E-state index contributed by atoms with van der Waals surface area (Å²) >= 11 is 25.0. The summed E-state index contributed by atoms with van der Waals surface area (Å²) in [7, 11) is 1.37. The largest absolute Gasteiger partial charge is 0.428 e. The molecule has 0 radical (unpaired) electrons. The zero-order chi connectivity index (χ0) is 32.5. The molecule has 15 heteroatoms. The molecule has 4 atom stereocenters. The third kappa shape index (κ3) is 5.40. The van der Waals surface area contributed by atoms with Crippen LogP contribution in [0.3, 0.4) is 0 Å². The summed E-state index contributed by atoms with van der Waals surface area (Å²) in [5.41, 5.74) is -2.77. The second-order valence-corrected chi connectivity index (χ2v) is 13.8. The molecule has 3 aliphatic rings. The van der Waals surface area contributed by atoms with Crippen LogP contribution in [0, 0.1) is 17.3 Å². The van der Waals surface area contributed by atoms with E-state index in [1.54, 1.807) is 20.8 Å². The smallest absolute Gasteiger partial charge is 0.315 e. The lowest BCUT2D eigenvalue weighted by atomic mass is 9.73. The third-order valence-electron chi connectivity index (χ3n) is 8.14. The lowest BCUT2D eigenvalue weighted by Gasteiger charge is -2.36. The number of fused-ring (bicyclic) bond motifs is 4. The third-order valence-corrected chi connectivity index (χ3v) is 9.10. The number of rotatable bonds is 5. The minimum absolute atomic E-state index is 0.00641. The van der Waals surface area contributed by atoms with Crippen LogP contribution in [0.2, 0.25) is 20.1 Å². The van der Waals surface area contributed by atoms with Crippen LogP contribution >= 0.6 is 46.4 Å². The quantitative estimate of drug-likeness (QED) is 0.296. The molecule has 1 N–H and O–H groups in total. The molecule has 0 bridgehead atoms. The molecule has 236 valence electrons. The Morgan fingerprint density at radius 3 is 2.25 bits per heavy atom. The Labute approximate surface area is 271 Å². The van der Waals surface area contributed by atoms with Crippen molar-refractivity contribution in [1.82, 2.24) is 4.90 Å². The van der Waals surface area contributed by atoms with E-state index in [2.05, 4.69) is 5.32 Å². The molecule has 2 saturated heterocycles. The van der Waals surface area contributed by atoms with Gasteiger partial charge in [0.1, 0.15) is 11.5 Å². The molecular weight excluding hydrogens is 666 g/mol. The fourth-order valence-electron chi connectivity index (χ4n) is 6.30. The molecule has 0 aliphatic carbocycles. The first-order valence-electron chi connectivity index (χ1n) is 13.4. The van der Waals surface area contributed by atoms with Crippen LogP contribution in [0.1, 0.15) is 32.8 Å². The van der Waals surface area contributed by atoms with Crippen molar-refractivity contribution in [3.05, 3.63) is 56.0 Å². The van der Waals surface area contributed by atoms with Gasteiger partial charge in [-0.2, -0.15) is 0 Å². The molecule has 2 aromatic carbocycles. The number of alkyl halides is 2. The number of nitrogens with zero attached hydrogens (tertiary/aromatic N) is 2. The molecule has 2 amide bonds. The van der Waals surface area contributed by atoms with Crippen LogP contribution in [0.25, 0.3) is 0 Å². The minimum Gasteiger partial charge on any atom is -0.428 e. The van der Waals surface area contributed by atoms with Crippen LogP contribution in [-0.2, 0) is 34.2 Å². The first-order valence-corrected chi connectivity index (χ1v) is 14.9. The van der Waals surface area contributed by atoms with Gasteiger partial charge in [0.05, 0.1) is 28.6 Å². The summed E-state index contributed by atoms with van der Waals surface area (Å²) in [6, 6.07) is 5.72. The maximum atomic E-state index is 15.2. The van der Waals surface area contributed by atoms with Crippen molar-refractivity contribution in [2.45, 2.75) is 44.7 Å². The number of carbonyl (C=O) groups is 4. The number of hydrogen-bond acceptors (Lipinski definition) is 7. The number of anilines is 2. The predicted molar refractivity (Wildman–Crippen MR) is 160 cm³/mol. The number of halogens is 6. The summed E-state index contributed by atoms with van der Waals surface area (Å²) < 4.78 is 40.9. The zero-order valence-corrected chi connectivity index (χ0v) is 26.9. The van der Waals surface area contributed by atoms with Gasteiger partial charge in [0.2, 0.25) is 12.7 Å². The minimum atomic E-state index is -3.32. The Hall–Kier alpha value is -2.70. The highest BCUT2D eigenvalue weighted by Crippen LogP contribution is 2.61. The van der Waals surface area contributed by atoms with Crippen molar-refractivity contribution in [3.8, 4) is 0 Å². The standard InChI is InChI=1S/C29H27Cl4F2N3O6/c1-27(2,3)26(42)44-12-43-24(40)21-20(23(39)37(4)16-6-13(30)5-14(31)7-16)19-10-28(34,35)11-38(19)29(21)17-8-15(32)9-18(33)22(17)36-25(29)41/h5-9,19-21H,10-12H2,1-4H3,(H,36,41). The second-order valence-electron chi connectivity index (χ2n) is 12.1. The van der Waals surface area contributed by atoms with Gasteiger partial charge in [-0.15, -0.1) is 0 Å². The average molecular weight is 693 g/mol. The maximum Gasteiger partial charge on any atom is 0.315 e. The van der Waals surface area contributed by atoms with Gasteiger partial charge in [-0.25, -0.2) is 8.78 Å². The molecule has 3 heterocycles. The van der Waals surface area contributed by atoms with Crippen LogP contribution in [-0.4, -0.2) is 61.0 Å². The van der Waals surface area contributed by atoms with Crippen molar-refractivity contribution in [2.24, 2.45) is 17.3 Å².